The van der Waals surface area contributed by atoms with E-state index in [4.69, 9.17) is 18.9 Å². The maximum atomic E-state index is 10.8. The van der Waals surface area contributed by atoms with Gasteiger partial charge in [0, 0.05) is 5.41 Å². The van der Waals surface area contributed by atoms with Crippen molar-refractivity contribution in [2.45, 2.75) is 242 Å². The summed E-state index contributed by atoms with van der Waals surface area (Å²) >= 11 is 0. The van der Waals surface area contributed by atoms with Crippen molar-refractivity contribution in [2.24, 2.45) is 5.41 Å². The first kappa shape index (κ1) is 50.7. The second kappa shape index (κ2) is 30.5. The topological polar surface area (TPSA) is 199 Å². The molecule has 2 fully saturated rings. The Hall–Kier alpha value is -0.480. The summed E-state index contributed by atoms with van der Waals surface area (Å²) in [5, 5.41) is 82.6. The Morgan fingerprint density at radius 2 is 0.655 bits per heavy atom. The molecule has 2 rings (SSSR count). The fraction of sp³-hybridized carbons (Fsp3) is 1.00. The lowest BCUT2D eigenvalue weighted by Crippen LogP contribution is -2.60. The summed E-state index contributed by atoms with van der Waals surface area (Å²) < 4.78 is 23.8. The highest BCUT2D eigenvalue weighted by Gasteiger charge is 2.47. The number of rotatable bonds is 34. The van der Waals surface area contributed by atoms with Crippen LogP contribution in [-0.4, -0.2) is 129 Å². The molecule has 0 bridgehead atoms. The van der Waals surface area contributed by atoms with E-state index < -0.39 is 80.0 Å². The van der Waals surface area contributed by atoms with E-state index in [1.165, 1.54) is 116 Å². The van der Waals surface area contributed by atoms with Crippen LogP contribution in [-0.2, 0) is 18.9 Å². The van der Waals surface area contributed by atoms with Crippen LogP contribution in [0.15, 0.2) is 0 Å². The van der Waals surface area contributed by atoms with Gasteiger partial charge in [-0.15, -0.1) is 0 Å². The van der Waals surface area contributed by atoms with E-state index >= 15 is 0 Å². The van der Waals surface area contributed by atoms with E-state index in [2.05, 4.69) is 13.8 Å². The molecule has 0 aromatic carbocycles. The van der Waals surface area contributed by atoms with Gasteiger partial charge in [-0.1, -0.05) is 168 Å². The molecule has 0 saturated carbocycles. The molecule has 0 unspecified atom stereocenters. The van der Waals surface area contributed by atoms with Gasteiger partial charge in [-0.25, -0.2) is 0 Å². The summed E-state index contributed by atoms with van der Waals surface area (Å²) in [6, 6.07) is 0. The molecule has 12 heteroatoms. The SMILES string of the molecule is CCCCCCCCCCCCCCC(CCCCCCCCCCCCCC)(CO[C@@H]1O[C@H](CO)[C@H](O)[C@H](O)[C@H]1O)CO[C@@H]1O[C@H](CO)[C@H](O)[C@H](O)[C@H]1O. The van der Waals surface area contributed by atoms with Crippen LogP contribution in [0.4, 0.5) is 0 Å². The van der Waals surface area contributed by atoms with Crippen molar-refractivity contribution in [1.82, 2.24) is 0 Å². The molecule has 0 aromatic rings. The van der Waals surface area contributed by atoms with Gasteiger partial charge in [0.2, 0.25) is 0 Å². The molecular weight excluding hydrogens is 708 g/mol. The molecule has 2 saturated heterocycles. The third-order valence-electron chi connectivity index (χ3n) is 11.9. The predicted octanol–water partition coefficient (Wildman–Crippen LogP) is 5.79. The molecule has 8 N–H and O–H groups in total. The quantitative estimate of drug-likeness (QED) is 0.0366. The Kier molecular flexibility index (Phi) is 28.1. The molecule has 0 spiro atoms. The number of unbranched alkanes of at least 4 members (excludes halogenated alkanes) is 22. The van der Waals surface area contributed by atoms with E-state index in [0.717, 1.165) is 38.5 Å². The summed E-state index contributed by atoms with van der Waals surface area (Å²) in [4.78, 5) is 0. The van der Waals surface area contributed by atoms with Crippen molar-refractivity contribution in [3.8, 4) is 0 Å². The molecule has 2 aliphatic heterocycles. The standard InChI is InChI=1S/C43H84O12/c1-3-5-7-9-11-13-15-17-19-21-23-25-27-43(28-26-24-22-20-18-16-14-12-10-8-6-4-2,31-52-41-39(50)37(48)35(46)33(29-44)54-41)32-53-42-40(51)38(49)36(47)34(30-45)55-42/h33-42,44-51H,3-32H2,1-2H3/t33-,34-,35+,36+,37+,38+,39-,40-,41-,42-/m1/s1. The van der Waals surface area contributed by atoms with Crippen LogP contribution in [0.5, 0.6) is 0 Å². The summed E-state index contributed by atoms with van der Waals surface area (Å²) in [6.07, 6.45) is 16.3. The fourth-order valence-electron chi connectivity index (χ4n) is 8.07. The smallest absolute Gasteiger partial charge is 0.186 e. The molecule has 2 heterocycles. The van der Waals surface area contributed by atoms with Crippen LogP contribution in [0.2, 0.25) is 0 Å². The molecular formula is C43H84O12. The van der Waals surface area contributed by atoms with Crippen LogP contribution in [0.25, 0.3) is 0 Å². The summed E-state index contributed by atoms with van der Waals surface area (Å²) in [6.45, 7) is 3.47. The number of aliphatic hydroxyl groups is 8. The lowest BCUT2D eigenvalue weighted by molar-refractivity contribution is -0.319. The van der Waals surface area contributed by atoms with Crippen molar-refractivity contribution >= 4 is 0 Å². The minimum atomic E-state index is -1.57. The van der Waals surface area contributed by atoms with Crippen LogP contribution < -0.4 is 0 Å². The van der Waals surface area contributed by atoms with E-state index in [0.29, 0.717) is 12.8 Å². The molecule has 10 atom stereocenters. The van der Waals surface area contributed by atoms with E-state index in [9.17, 15) is 40.9 Å². The highest BCUT2D eigenvalue weighted by Crippen LogP contribution is 2.36. The zero-order valence-corrected chi connectivity index (χ0v) is 34.7. The van der Waals surface area contributed by atoms with Gasteiger partial charge in [-0.05, 0) is 12.8 Å². The number of hydrogen-bond acceptors (Lipinski definition) is 12. The Morgan fingerprint density at radius 1 is 0.382 bits per heavy atom. The Morgan fingerprint density at radius 3 is 0.927 bits per heavy atom. The van der Waals surface area contributed by atoms with Gasteiger partial charge in [0.1, 0.15) is 48.8 Å². The van der Waals surface area contributed by atoms with Crippen LogP contribution in [0.3, 0.4) is 0 Å². The van der Waals surface area contributed by atoms with E-state index in [-0.39, 0.29) is 13.2 Å². The zero-order valence-electron chi connectivity index (χ0n) is 34.7. The molecule has 0 aliphatic carbocycles. The van der Waals surface area contributed by atoms with Gasteiger partial charge < -0.3 is 59.8 Å². The third-order valence-corrected chi connectivity index (χ3v) is 11.9. The zero-order chi connectivity index (χ0) is 40.3. The second-order valence-electron chi connectivity index (χ2n) is 16.8. The summed E-state index contributed by atoms with van der Waals surface area (Å²) in [5.41, 5.74) is -0.644. The maximum absolute atomic E-state index is 10.8. The first-order valence-electron chi connectivity index (χ1n) is 22.5. The minimum absolute atomic E-state index is 0.0587. The largest absolute Gasteiger partial charge is 0.394 e. The van der Waals surface area contributed by atoms with Gasteiger partial charge >= 0.3 is 0 Å². The molecule has 328 valence electrons. The van der Waals surface area contributed by atoms with Crippen molar-refractivity contribution in [1.29, 1.82) is 0 Å². The Labute approximate surface area is 333 Å². The fourth-order valence-corrected chi connectivity index (χ4v) is 8.07. The molecule has 12 nitrogen and oxygen atoms in total. The molecule has 0 amide bonds. The number of ether oxygens (including phenoxy) is 4. The Bertz CT molecular complexity index is 824. The average molecular weight is 793 g/mol. The third kappa shape index (κ3) is 19.4. The molecule has 0 radical (unpaired) electrons. The van der Waals surface area contributed by atoms with Crippen LogP contribution in [0.1, 0.15) is 181 Å². The second-order valence-corrected chi connectivity index (χ2v) is 16.8. The van der Waals surface area contributed by atoms with Crippen LogP contribution >= 0.6 is 0 Å². The van der Waals surface area contributed by atoms with Crippen molar-refractivity contribution in [3.63, 3.8) is 0 Å². The van der Waals surface area contributed by atoms with Crippen molar-refractivity contribution in [3.05, 3.63) is 0 Å². The predicted molar refractivity (Wildman–Crippen MR) is 213 cm³/mol. The first-order valence-corrected chi connectivity index (χ1v) is 22.5. The van der Waals surface area contributed by atoms with Crippen molar-refractivity contribution in [2.75, 3.05) is 26.4 Å². The Balaban J connectivity index is 2.08. The lowest BCUT2D eigenvalue weighted by atomic mass is 9.79. The lowest BCUT2D eigenvalue weighted by Gasteiger charge is -2.43. The molecule has 2 aliphatic rings. The first-order chi connectivity index (χ1) is 26.6. The molecule has 0 aromatic heterocycles. The minimum Gasteiger partial charge on any atom is -0.394 e. The van der Waals surface area contributed by atoms with E-state index in [1.807, 2.05) is 0 Å². The van der Waals surface area contributed by atoms with Gasteiger partial charge in [0.25, 0.3) is 0 Å². The van der Waals surface area contributed by atoms with Crippen molar-refractivity contribution < 1.29 is 59.8 Å². The van der Waals surface area contributed by atoms with Gasteiger partial charge in [-0.2, -0.15) is 0 Å². The average Bonchev–Trinajstić information content (AvgIpc) is 3.19. The van der Waals surface area contributed by atoms with Gasteiger partial charge in [0.05, 0.1) is 26.4 Å². The van der Waals surface area contributed by atoms with Gasteiger partial charge in [0.15, 0.2) is 12.6 Å². The highest BCUT2D eigenvalue weighted by molar-refractivity contribution is 4.91. The number of aliphatic hydroxyl groups excluding tert-OH is 8. The maximum Gasteiger partial charge on any atom is 0.186 e. The number of hydrogen-bond donors (Lipinski definition) is 8. The molecule has 55 heavy (non-hydrogen) atoms. The normalized spacial score (nSPS) is 28.9. The van der Waals surface area contributed by atoms with E-state index in [1.54, 1.807) is 0 Å². The summed E-state index contributed by atoms with van der Waals surface area (Å²) in [7, 11) is 0. The highest BCUT2D eigenvalue weighted by atomic mass is 16.7. The van der Waals surface area contributed by atoms with Gasteiger partial charge in [-0.3, -0.25) is 0 Å². The summed E-state index contributed by atoms with van der Waals surface area (Å²) in [5.74, 6) is 0. The van der Waals surface area contributed by atoms with Crippen LogP contribution in [0, 0.1) is 5.41 Å². The monoisotopic (exact) mass is 793 g/mol.